The van der Waals surface area contributed by atoms with Crippen LogP contribution in [0.15, 0.2) is 0 Å². The van der Waals surface area contributed by atoms with Crippen LogP contribution < -0.4 is 5.32 Å². The van der Waals surface area contributed by atoms with E-state index in [0.717, 1.165) is 25.8 Å². The summed E-state index contributed by atoms with van der Waals surface area (Å²) in [4.78, 5) is 27.9. The highest BCUT2D eigenvalue weighted by Gasteiger charge is 2.35. The van der Waals surface area contributed by atoms with Gasteiger partial charge in [0.1, 0.15) is 0 Å². The quantitative estimate of drug-likeness (QED) is 0.839. The Kier molecular flexibility index (Phi) is 5.02. The lowest BCUT2D eigenvalue weighted by atomic mass is 9.79. The number of carbonyl (C=O) groups excluding carboxylic acids is 2. The van der Waals surface area contributed by atoms with E-state index in [-0.39, 0.29) is 23.9 Å². The molecular formula is C15H27N3O2. The van der Waals surface area contributed by atoms with Gasteiger partial charge in [0, 0.05) is 32.1 Å². The molecule has 0 unspecified atom stereocenters. The molecule has 5 heteroatoms. The van der Waals surface area contributed by atoms with E-state index in [1.165, 1.54) is 19.3 Å². The Labute approximate surface area is 121 Å². The lowest BCUT2D eigenvalue weighted by Gasteiger charge is -2.38. The molecule has 1 aliphatic carbocycles. The second-order valence-electron chi connectivity index (χ2n) is 6.25. The van der Waals surface area contributed by atoms with Crippen molar-refractivity contribution in [2.45, 2.75) is 50.5 Å². The molecule has 0 aromatic heterocycles. The smallest absolute Gasteiger partial charge is 0.241 e. The average Bonchev–Trinajstić information content (AvgIpc) is 2.62. The summed E-state index contributed by atoms with van der Waals surface area (Å²) in [6.45, 7) is 1.70. The van der Waals surface area contributed by atoms with Crippen LogP contribution in [0.1, 0.15) is 44.9 Å². The molecule has 0 bridgehead atoms. The molecule has 0 aromatic carbocycles. The van der Waals surface area contributed by atoms with Crippen LogP contribution in [0.2, 0.25) is 0 Å². The molecule has 5 nitrogen and oxygen atoms in total. The molecule has 1 heterocycles. The molecule has 2 amide bonds. The average molecular weight is 281 g/mol. The fourth-order valence-electron chi connectivity index (χ4n) is 3.34. The summed E-state index contributed by atoms with van der Waals surface area (Å²) < 4.78 is 0. The third kappa shape index (κ3) is 3.51. The third-order valence-corrected chi connectivity index (χ3v) is 4.86. The number of nitrogens with zero attached hydrogens (tertiary/aromatic N) is 2. The van der Waals surface area contributed by atoms with Crippen molar-refractivity contribution in [3.05, 3.63) is 0 Å². The normalized spacial score (nSPS) is 23.6. The fraction of sp³-hybridized carbons (Fsp3) is 0.867. The van der Waals surface area contributed by atoms with E-state index < -0.39 is 0 Å². The van der Waals surface area contributed by atoms with Gasteiger partial charge in [-0.1, -0.05) is 19.3 Å². The Morgan fingerprint density at radius 1 is 1.20 bits per heavy atom. The molecule has 2 rings (SSSR count). The van der Waals surface area contributed by atoms with Gasteiger partial charge in [-0.3, -0.25) is 9.59 Å². The molecule has 0 atom stereocenters. The number of nitrogens with one attached hydrogen (secondary N) is 1. The SMILES string of the molecule is CNC1(CC(=O)N2CCCN(C)C(=O)C2)CCCCC1. The monoisotopic (exact) mass is 281 g/mol. The van der Waals surface area contributed by atoms with Gasteiger partial charge in [-0.25, -0.2) is 0 Å². The van der Waals surface area contributed by atoms with Crippen molar-refractivity contribution in [3.63, 3.8) is 0 Å². The first kappa shape index (κ1) is 15.3. The summed E-state index contributed by atoms with van der Waals surface area (Å²) in [5.74, 6) is 0.183. The van der Waals surface area contributed by atoms with E-state index >= 15 is 0 Å². The highest BCUT2D eigenvalue weighted by atomic mass is 16.2. The van der Waals surface area contributed by atoms with Gasteiger partial charge in [0.15, 0.2) is 0 Å². The summed E-state index contributed by atoms with van der Waals surface area (Å²) in [5.41, 5.74) is -0.0451. The zero-order chi connectivity index (χ0) is 14.6. The largest absolute Gasteiger partial charge is 0.344 e. The van der Waals surface area contributed by atoms with Crippen LogP contribution in [-0.2, 0) is 9.59 Å². The van der Waals surface area contributed by atoms with Crippen LogP contribution in [0.25, 0.3) is 0 Å². The summed E-state index contributed by atoms with van der Waals surface area (Å²) in [7, 11) is 3.77. The number of amides is 2. The van der Waals surface area contributed by atoms with E-state index in [9.17, 15) is 9.59 Å². The van der Waals surface area contributed by atoms with E-state index in [1.807, 2.05) is 14.1 Å². The van der Waals surface area contributed by atoms with Gasteiger partial charge in [-0.15, -0.1) is 0 Å². The molecular weight excluding hydrogens is 254 g/mol. The first-order chi connectivity index (χ1) is 9.56. The molecule has 2 aliphatic rings. The van der Waals surface area contributed by atoms with Crippen molar-refractivity contribution in [1.29, 1.82) is 0 Å². The zero-order valence-electron chi connectivity index (χ0n) is 12.8. The molecule has 1 N–H and O–H groups in total. The standard InChI is InChI=1S/C15H27N3O2/c1-16-15(7-4-3-5-8-15)11-13(19)18-10-6-9-17(2)14(20)12-18/h16H,3-12H2,1-2H3. The predicted molar refractivity (Wildman–Crippen MR) is 78.3 cm³/mol. The van der Waals surface area contributed by atoms with Crippen molar-refractivity contribution >= 4 is 11.8 Å². The van der Waals surface area contributed by atoms with Gasteiger partial charge >= 0.3 is 0 Å². The lowest BCUT2D eigenvalue weighted by Crippen LogP contribution is -2.49. The van der Waals surface area contributed by atoms with Crippen molar-refractivity contribution in [1.82, 2.24) is 15.1 Å². The second-order valence-corrected chi connectivity index (χ2v) is 6.25. The number of hydrogen-bond acceptors (Lipinski definition) is 3. The summed E-state index contributed by atoms with van der Waals surface area (Å²) >= 11 is 0. The Balaban J connectivity index is 1.97. The Morgan fingerprint density at radius 2 is 1.90 bits per heavy atom. The number of likely N-dealkylation sites (N-methyl/N-ethyl adjacent to an activating group) is 1. The maximum Gasteiger partial charge on any atom is 0.241 e. The second kappa shape index (κ2) is 6.57. The van der Waals surface area contributed by atoms with Crippen molar-refractivity contribution in [2.75, 3.05) is 33.7 Å². The molecule has 1 aliphatic heterocycles. The molecule has 1 saturated heterocycles. The highest BCUT2D eigenvalue weighted by molar-refractivity contribution is 5.85. The number of hydrogen-bond donors (Lipinski definition) is 1. The van der Waals surface area contributed by atoms with Crippen LogP contribution in [-0.4, -0.2) is 60.9 Å². The van der Waals surface area contributed by atoms with Crippen LogP contribution in [0.4, 0.5) is 0 Å². The Morgan fingerprint density at radius 3 is 2.55 bits per heavy atom. The minimum atomic E-state index is -0.0451. The van der Waals surface area contributed by atoms with E-state index in [4.69, 9.17) is 0 Å². The molecule has 1 saturated carbocycles. The minimum Gasteiger partial charge on any atom is -0.344 e. The minimum absolute atomic E-state index is 0.0451. The van der Waals surface area contributed by atoms with Gasteiger partial charge in [-0.05, 0) is 26.3 Å². The topological polar surface area (TPSA) is 52.7 Å². The number of rotatable bonds is 3. The molecule has 114 valence electrons. The predicted octanol–water partition coefficient (Wildman–Crippen LogP) is 0.989. The summed E-state index contributed by atoms with van der Waals surface area (Å²) in [6, 6.07) is 0. The molecule has 0 radical (unpaired) electrons. The van der Waals surface area contributed by atoms with Crippen molar-refractivity contribution < 1.29 is 9.59 Å². The van der Waals surface area contributed by atoms with E-state index in [0.29, 0.717) is 13.0 Å². The maximum absolute atomic E-state index is 12.6. The molecule has 20 heavy (non-hydrogen) atoms. The first-order valence-corrected chi connectivity index (χ1v) is 7.77. The Hall–Kier alpha value is -1.10. The Bertz CT molecular complexity index is 364. The summed E-state index contributed by atoms with van der Waals surface area (Å²) in [5, 5.41) is 3.38. The summed E-state index contributed by atoms with van der Waals surface area (Å²) in [6.07, 6.45) is 7.19. The molecule has 0 spiro atoms. The van der Waals surface area contributed by atoms with Gasteiger partial charge < -0.3 is 15.1 Å². The fourth-order valence-corrected chi connectivity index (χ4v) is 3.34. The van der Waals surface area contributed by atoms with Crippen LogP contribution in [0.5, 0.6) is 0 Å². The zero-order valence-corrected chi connectivity index (χ0v) is 12.8. The van der Waals surface area contributed by atoms with Crippen LogP contribution in [0, 0.1) is 0 Å². The van der Waals surface area contributed by atoms with E-state index in [2.05, 4.69) is 5.32 Å². The highest BCUT2D eigenvalue weighted by Crippen LogP contribution is 2.31. The van der Waals surface area contributed by atoms with Gasteiger partial charge in [0.25, 0.3) is 0 Å². The van der Waals surface area contributed by atoms with Crippen molar-refractivity contribution in [3.8, 4) is 0 Å². The van der Waals surface area contributed by atoms with Crippen LogP contribution in [0.3, 0.4) is 0 Å². The van der Waals surface area contributed by atoms with Crippen LogP contribution >= 0.6 is 0 Å². The first-order valence-electron chi connectivity index (χ1n) is 7.77. The van der Waals surface area contributed by atoms with Gasteiger partial charge in [0.2, 0.25) is 11.8 Å². The van der Waals surface area contributed by atoms with E-state index in [1.54, 1.807) is 9.80 Å². The number of carbonyl (C=O) groups is 2. The van der Waals surface area contributed by atoms with Gasteiger partial charge in [-0.2, -0.15) is 0 Å². The maximum atomic E-state index is 12.6. The third-order valence-electron chi connectivity index (χ3n) is 4.86. The molecule has 2 fully saturated rings. The lowest BCUT2D eigenvalue weighted by molar-refractivity contribution is -0.139. The van der Waals surface area contributed by atoms with Gasteiger partial charge in [0.05, 0.1) is 6.54 Å². The van der Waals surface area contributed by atoms with Crippen molar-refractivity contribution in [2.24, 2.45) is 0 Å². The molecule has 0 aromatic rings.